The zero-order valence-corrected chi connectivity index (χ0v) is 8.36. The third kappa shape index (κ3) is 2.83. The quantitative estimate of drug-likeness (QED) is 0.562. The van der Waals surface area contributed by atoms with Crippen molar-refractivity contribution >= 4 is 0 Å². The Morgan fingerprint density at radius 3 is 2.71 bits per heavy atom. The van der Waals surface area contributed by atoms with E-state index in [4.69, 9.17) is 4.74 Å². The molecule has 0 atom stereocenters. The largest absolute Gasteiger partial charge is 0.504 e. The molecule has 0 saturated heterocycles. The van der Waals surface area contributed by atoms with Gasteiger partial charge >= 0.3 is 0 Å². The smallest absolute Gasteiger partial charge is 0.200 e. The Balaban J connectivity index is 2.46. The summed E-state index contributed by atoms with van der Waals surface area (Å²) in [6.45, 7) is 2.69. The summed E-state index contributed by atoms with van der Waals surface area (Å²) in [6.07, 6.45) is 3.21. The minimum Gasteiger partial charge on any atom is -0.504 e. The number of phenols is 2. The normalized spacial score (nSPS) is 10.1. The van der Waals surface area contributed by atoms with Gasteiger partial charge in [0.2, 0.25) is 5.75 Å². The summed E-state index contributed by atoms with van der Waals surface area (Å²) in [5, 5.41) is 18.6. The first-order valence-corrected chi connectivity index (χ1v) is 4.89. The molecule has 0 aliphatic heterocycles. The molecule has 0 aromatic heterocycles. The van der Waals surface area contributed by atoms with E-state index < -0.39 is 0 Å². The highest BCUT2D eigenvalue weighted by Crippen LogP contribution is 2.34. The van der Waals surface area contributed by atoms with Crippen LogP contribution in [-0.2, 0) is 0 Å². The van der Waals surface area contributed by atoms with Gasteiger partial charge in [0.15, 0.2) is 11.5 Å². The second-order valence-corrected chi connectivity index (χ2v) is 3.18. The van der Waals surface area contributed by atoms with Gasteiger partial charge in [-0.25, -0.2) is 0 Å². The van der Waals surface area contributed by atoms with E-state index in [0.717, 1.165) is 19.3 Å². The fourth-order valence-electron chi connectivity index (χ4n) is 1.16. The number of para-hydroxylation sites is 1. The zero-order chi connectivity index (χ0) is 10.4. The van der Waals surface area contributed by atoms with Crippen molar-refractivity contribution in [2.75, 3.05) is 6.61 Å². The molecule has 3 heteroatoms. The summed E-state index contributed by atoms with van der Waals surface area (Å²) in [5.41, 5.74) is 0. The standard InChI is InChI=1S/C11H16O3/c1-2-3-4-8-14-10-7-5-6-9(12)11(10)13/h5-7,12-13H,2-4,8H2,1H3. The molecule has 1 rings (SSSR count). The van der Waals surface area contributed by atoms with Crippen LogP contribution in [0.3, 0.4) is 0 Å². The predicted octanol–water partition coefficient (Wildman–Crippen LogP) is 2.67. The van der Waals surface area contributed by atoms with Crippen LogP contribution in [0.1, 0.15) is 26.2 Å². The van der Waals surface area contributed by atoms with E-state index in [1.165, 1.54) is 6.07 Å². The molecule has 3 nitrogen and oxygen atoms in total. The van der Waals surface area contributed by atoms with E-state index in [0.29, 0.717) is 12.4 Å². The van der Waals surface area contributed by atoms with Crippen LogP contribution >= 0.6 is 0 Å². The molecule has 78 valence electrons. The van der Waals surface area contributed by atoms with Crippen LogP contribution in [0, 0.1) is 0 Å². The lowest BCUT2D eigenvalue weighted by Gasteiger charge is -2.07. The summed E-state index contributed by atoms with van der Waals surface area (Å²) in [7, 11) is 0. The number of rotatable bonds is 5. The Kier molecular flexibility index (Phi) is 4.11. The van der Waals surface area contributed by atoms with Crippen LogP contribution in [0.2, 0.25) is 0 Å². The molecule has 0 fully saturated rings. The maximum absolute atomic E-state index is 9.38. The Morgan fingerprint density at radius 2 is 2.00 bits per heavy atom. The molecule has 0 aliphatic rings. The van der Waals surface area contributed by atoms with E-state index in [2.05, 4.69) is 6.92 Å². The number of benzene rings is 1. The lowest BCUT2D eigenvalue weighted by molar-refractivity contribution is 0.284. The van der Waals surface area contributed by atoms with E-state index in [1.54, 1.807) is 12.1 Å². The molecular formula is C11H16O3. The van der Waals surface area contributed by atoms with Gasteiger partial charge in [0.1, 0.15) is 0 Å². The fraction of sp³-hybridized carbons (Fsp3) is 0.455. The minimum absolute atomic E-state index is 0.141. The molecule has 0 saturated carbocycles. The number of ether oxygens (including phenoxy) is 1. The number of hydrogen-bond acceptors (Lipinski definition) is 3. The van der Waals surface area contributed by atoms with Gasteiger partial charge in [0.05, 0.1) is 6.61 Å². The first-order chi connectivity index (χ1) is 6.75. The molecule has 0 bridgehead atoms. The summed E-state index contributed by atoms with van der Waals surface area (Å²) >= 11 is 0. The van der Waals surface area contributed by atoms with Gasteiger partial charge in [0.25, 0.3) is 0 Å². The fourth-order valence-corrected chi connectivity index (χ4v) is 1.16. The topological polar surface area (TPSA) is 49.7 Å². The van der Waals surface area contributed by atoms with Gasteiger partial charge in [-0.2, -0.15) is 0 Å². The van der Waals surface area contributed by atoms with Crippen molar-refractivity contribution in [1.29, 1.82) is 0 Å². The molecule has 0 radical (unpaired) electrons. The number of unbranched alkanes of at least 4 members (excludes halogenated alkanes) is 2. The number of phenolic OH excluding ortho intramolecular Hbond substituents is 2. The van der Waals surface area contributed by atoms with Crippen molar-refractivity contribution in [3.8, 4) is 17.2 Å². The molecule has 1 aromatic rings. The average molecular weight is 196 g/mol. The van der Waals surface area contributed by atoms with Gasteiger partial charge in [0, 0.05) is 0 Å². The van der Waals surface area contributed by atoms with Gasteiger partial charge in [-0.1, -0.05) is 25.8 Å². The Labute approximate surface area is 84.0 Å². The van der Waals surface area contributed by atoms with E-state index in [1.807, 2.05) is 0 Å². The van der Waals surface area contributed by atoms with Crippen molar-refractivity contribution in [2.24, 2.45) is 0 Å². The Bertz CT molecular complexity index is 284. The van der Waals surface area contributed by atoms with Gasteiger partial charge in [-0.3, -0.25) is 0 Å². The maximum atomic E-state index is 9.38. The summed E-state index contributed by atoms with van der Waals surface area (Å²) in [6, 6.07) is 4.71. The monoisotopic (exact) mass is 196 g/mol. The van der Waals surface area contributed by atoms with Crippen molar-refractivity contribution < 1.29 is 14.9 Å². The van der Waals surface area contributed by atoms with Crippen LogP contribution < -0.4 is 4.74 Å². The van der Waals surface area contributed by atoms with Gasteiger partial charge in [-0.15, -0.1) is 0 Å². The van der Waals surface area contributed by atoms with Crippen LogP contribution in [0.15, 0.2) is 18.2 Å². The summed E-state index contributed by atoms with van der Waals surface area (Å²) < 4.78 is 5.31. The van der Waals surface area contributed by atoms with E-state index in [-0.39, 0.29) is 11.5 Å². The molecular weight excluding hydrogens is 180 g/mol. The van der Waals surface area contributed by atoms with Crippen LogP contribution in [-0.4, -0.2) is 16.8 Å². The molecule has 0 aliphatic carbocycles. The van der Waals surface area contributed by atoms with Crippen LogP contribution in [0.5, 0.6) is 17.2 Å². The highest BCUT2D eigenvalue weighted by atomic mass is 16.5. The lowest BCUT2D eigenvalue weighted by Crippen LogP contribution is -1.96. The molecule has 14 heavy (non-hydrogen) atoms. The highest BCUT2D eigenvalue weighted by Gasteiger charge is 2.05. The Hall–Kier alpha value is -1.38. The minimum atomic E-state index is -0.177. The second-order valence-electron chi connectivity index (χ2n) is 3.18. The third-order valence-corrected chi connectivity index (χ3v) is 1.98. The number of hydrogen-bond donors (Lipinski definition) is 2. The second kappa shape index (κ2) is 5.37. The van der Waals surface area contributed by atoms with Crippen LogP contribution in [0.4, 0.5) is 0 Å². The van der Waals surface area contributed by atoms with E-state index >= 15 is 0 Å². The third-order valence-electron chi connectivity index (χ3n) is 1.98. The zero-order valence-electron chi connectivity index (χ0n) is 8.36. The molecule has 0 spiro atoms. The average Bonchev–Trinajstić information content (AvgIpc) is 2.19. The molecule has 2 N–H and O–H groups in total. The SMILES string of the molecule is CCCCCOc1cccc(O)c1O. The van der Waals surface area contributed by atoms with Crippen molar-refractivity contribution in [1.82, 2.24) is 0 Å². The first-order valence-electron chi connectivity index (χ1n) is 4.89. The summed E-state index contributed by atoms with van der Waals surface area (Å²) in [4.78, 5) is 0. The van der Waals surface area contributed by atoms with Crippen molar-refractivity contribution in [2.45, 2.75) is 26.2 Å². The summed E-state index contributed by atoms with van der Waals surface area (Å²) in [5.74, 6) is 0.0306. The van der Waals surface area contributed by atoms with Gasteiger partial charge < -0.3 is 14.9 Å². The first kappa shape index (κ1) is 10.7. The molecule has 0 unspecified atom stereocenters. The molecule has 0 amide bonds. The highest BCUT2D eigenvalue weighted by molar-refractivity contribution is 5.48. The molecule has 0 heterocycles. The van der Waals surface area contributed by atoms with E-state index in [9.17, 15) is 10.2 Å². The Morgan fingerprint density at radius 1 is 1.21 bits per heavy atom. The lowest BCUT2D eigenvalue weighted by atomic mass is 10.2. The van der Waals surface area contributed by atoms with Crippen LogP contribution in [0.25, 0.3) is 0 Å². The molecule has 1 aromatic carbocycles. The van der Waals surface area contributed by atoms with Crippen molar-refractivity contribution in [3.05, 3.63) is 18.2 Å². The van der Waals surface area contributed by atoms with Crippen molar-refractivity contribution in [3.63, 3.8) is 0 Å². The predicted molar refractivity (Wildman–Crippen MR) is 54.8 cm³/mol. The maximum Gasteiger partial charge on any atom is 0.200 e. The van der Waals surface area contributed by atoms with Gasteiger partial charge in [-0.05, 0) is 18.6 Å². The number of aromatic hydroxyl groups is 2.